The number of nitrogens with zero attached hydrogens (tertiary/aromatic N) is 3. The number of carboxylic acid groups (broad SMARTS) is 1. The van der Waals surface area contributed by atoms with Crippen molar-refractivity contribution in [2.24, 2.45) is 28.8 Å². The zero-order valence-electron chi connectivity index (χ0n) is 15.6. The number of imide groups is 1. The largest absolute Gasteiger partial charge is 0.479 e. The first-order valence-electron chi connectivity index (χ1n) is 9.16. The highest BCUT2D eigenvalue weighted by atomic mass is 79.9. The number of amides is 2. The molecule has 0 aromatic heterocycles. The lowest BCUT2D eigenvalue weighted by atomic mass is 9.85. The SMILES string of the molecule is CC(Oc1c(Br)cc(C=NN2C(=O)C3C4C=CC(C4)C3C2=O)cc1[N+](=O)[O-])C(=O)O. The van der Waals surface area contributed by atoms with E-state index >= 15 is 0 Å². The van der Waals surface area contributed by atoms with Gasteiger partial charge < -0.3 is 9.84 Å². The number of carbonyl (C=O) groups is 3. The molecule has 5 atom stereocenters. The van der Waals surface area contributed by atoms with E-state index in [1.54, 1.807) is 0 Å². The van der Waals surface area contributed by atoms with Crippen molar-refractivity contribution < 1.29 is 29.2 Å². The molecule has 1 aromatic carbocycles. The van der Waals surface area contributed by atoms with Crippen LogP contribution in [0.3, 0.4) is 0 Å². The number of hydrogen-bond acceptors (Lipinski definition) is 7. The highest BCUT2D eigenvalue weighted by molar-refractivity contribution is 9.10. The van der Waals surface area contributed by atoms with Gasteiger partial charge in [-0.2, -0.15) is 10.1 Å². The van der Waals surface area contributed by atoms with Crippen molar-refractivity contribution in [2.45, 2.75) is 19.4 Å². The van der Waals surface area contributed by atoms with Crippen LogP contribution < -0.4 is 4.74 Å². The number of carbonyl (C=O) groups excluding carboxylic acids is 2. The fraction of sp³-hybridized carbons (Fsp3) is 0.368. The first kappa shape index (κ1) is 20.2. The van der Waals surface area contributed by atoms with Crippen molar-refractivity contribution in [3.63, 3.8) is 0 Å². The number of hydrazone groups is 1. The molecule has 5 unspecified atom stereocenters. The Balaban J connectivity index is 1.60. The Hall–Kier alpha value is -3.08. The standard InChI is InChI=1S/C19H16BrN3O7/c1-8(19(26)27)30-16-12(20)4-9(5-13(16)23(28)29)7-21-22-17(24)14-10-2-3-11(6-10)15(14)18(22)25/h2-5,7-8,10-11,14-15H,6H2,1H3,(H,26,27). The molecule has 2 amide bonds. The third-order valence-electron chi connectivity index (χ3n) is 5.65. The van der Waals surface area contributed by atoms with E-state index in [9.17, 15) is 24.5 Å². The summed E-state index contributed by atoms with van der Waals surface area (Å²) in [6, 6.07) is 2.56. The molecule has 1 heterocycles. The van der Waals surface area contributed by atoms with Crippen LogP contribution in [0.2, 0.25) is 0 Å². The second-order valence-electron chi connectivity index (χ2n) is 7.44. The molecule has 2 aliphatic carbocycles. The quantitative estimate of drug-likeness (QED) is 0.218. The van der Waals surface area contributed by atoms with Crippen molar-refractivity contribution in [2.75, 3.05) is 0 Å². The van der Waals surface area contributed by atoms with Gasteiger partial charge in [0.15, 0.2) is 6.10 Å². The number of hydrogen-bond donors (Lipinski definition) is 1. The van der Waals surface area contributed by atoms with Crippen LogP contribution in [-0.4, -0.2) is 45.1 Å². The number of benzene rings is 1. The van der Waals surface area contributed by atoms with E-state index < -0.39 is 22.7 Å². The Kier molecular flexibility index (Phi) is 4.92. The molecular formula is C19H16BrN3O7. The Bertz CT molecular complexity index is 1010. The summed E-state index contributed by atoms with van der Waals surface area (Å²) < 4.78 is 5.33. The summed E-state index contributed by atoms with van der Waals surface area (Å²) in [6.45, 7) is 1.25. The second-order valence-corrected chi connectivity index (χ2v) is 8.29. The number of aliphatic carboxylic acids is 1. The normalized spacial score (nSPS) is 27.7. The van der Waals surface area contributed by atoms with E-state index in [1.165, 1.54) is 19.2 Å². The summed E-state index contributed by atoms with van der Waals surface area (Å²) >= 11 is 3.14. The molecular weight excluding hydrogens is 462 g/mol. The van der Waals surface area contributed by atoms with Crippen molar-refractivity contribution >= 4 is 45.6 Å². The summed E-state index contributed by atoms with van der Waals surface area (Å²) in [5, 5.41) is 25.3. The molecule has 1 saturated heterocycles. The van der Waals surface area contributed by atoms with Crippen molar-refractivity contribution in [1.29, 1.82) is 0 Å². The van der Waals surface area contributed by atoms with E-state index in [0.717, 1.165) is 17.5 Å². The molecule has 2 fully saturated rings. The smallest absolute Gasteiger partial charge is 0.344 e. The monoisotopic (exact) mass is 477 g/mol. The van der Waals surface area contributed by atoms with Gasteiger partial charge in [-0.05, 0) is 47.2 Å². The average Bonchev–Trinajstić information content (AvgIpc) is 3.36. The molecule has 1 N–H and O–H groups in total. The summed E-state index contributed by atoms with van der Waals surface area (Å²) in [5.74, 6) is -2.90. The maximum atomic E-state index is 12.7. The zero-order chi connectivity index (χ0) is 21.7. The fourth-order valence-corrected chi connectivity index (χ4v) is 4.84. The van der Waals surface area contributed by atoms with Gasteiger partial charge in [0.05, 0.1) is 27.4 Å². The molecule has 10 nitrogen and oxygen atoms in total. The lowest BCUT2D eigenvalue weighted by Gasteiger charge is -2.13. The minimum Gasteiger partial charge on any atom is -0.479 e. The van der Waals surface area contributed by atoms with Crippen LogP contribution in [0.25, 0.3) is 0 Å². The number of allylic oxidation sites excluding steroid dienone is 2. The van der Waals surface area contributed by atoms with Gasteiger partial charge in [-0.1, -0.05) is 12.2 Å². The lowest BCUT2D eigenvalue weighted by molar-refractivity contribution is -0.386. The van der Waals surface area contributed by atoms with Crippen LogP contribution in [-0.2, 0) is 14.4 Å². The number of nitro groups is 1. The first-order chi connectivity index (χ1) is 14.2. The van der Waals surface area contributed by atoms with Crippen LogP contribution in [0.5, 0.6) is 5.75 Å². The number of fused-ring (bicyclic) bond motifs is 5. The maximum absolute atomic E-state index is 12.7. The van der Waals surface area contributed by atoms with Crippen LogP contribution in [0.15, 0.2) is 33.9 Å². The molecule has 2 bridgehead atoms. The van der Waals surface area contributed by atoms with Gasteiger partial charge in [0.1, 0.15) is 0 Å². The predicted octanol–water partition coefficient (Wildman–Crippen LogP) is 2.35. The van der Waals surface area contributed by atoms with Crippen LogP contribution >= 0.6 is 15.9 Å². The number of nitro benzene ring substituents is 1. The van der Waals surface area contributed by atoms with Crippen LogP contribution in [0.4, 0.5) is 5.69 Å². The van der Waals surface area contributed by atoms with Crippen LogP contribution in [0, 0.1) is 33.8 Å². The van der Waals surface area contributed by atoms with Crippen molar-refractivity contribution in [1.82, 2.24) is 5.01 Å². The Morgan fingerprint density at radius 2 is 1.93 bits per heavy atom. The Morgan fingerprint density at radius 1 is 1.33 bits per heavy atom. The molecule has 4 rings (SSSR count). The van der Waals surface area contributed by atoms with Gasteiger partial charge in [0, 0.05) is 11.6 Å². The molecule has 11 heteroatoms. The Labute approximate surface area is 178 Å². The molecule has 1 aliphatic heterocycles. The Morgan fingerprint density at radius 3 is 2.47 bits per heavy atom. The highest BCUT2D eigenvalue weighted by Crippen LogP contribution is 2.52. The third-order valence-corrected chi connectivity index (χ3v) is 6.24. The predicted molar refractivity (Wildman–Crippen MR) is 106 cm³/mol. The zero-order valence-corrected chi connectivity index (χ0v) is 17.2. The van der Waals surface area contributed by atoms with Crippen molar-refractivity contribution in [3.05, 3.63) is 44.4 Å². The van der Waals surface area contributed by atoms with Gasteiger partial charge in [0.2, 0.25) is 5.75 Å². The fourth-order valence-electron chi connectivity index (χ4n) is 4.28. The van der Waals surface area contributed by atoms with Gasteiger partial charge in [-0.25, -0.2) is 4.79 Å². The first-order valence-corrected chi connectivity index (χ1v) is 9.96. The van der Waals surface area contributed by atoms with Crippen LogP contribution in [0.1, 0.15) is 18.9 Å². The van der Waals surface area contributed by atoms with Gasteiger partial charge in [-0.3, -0.25) is 19.7 Å². The topological polar surface area (TPSA) is 139 Å². The van der Waals surface area contributed by atoms with E-state index in [4.69, 9.17) is 9.84 Å². The average molecular weight is 478 g/mol. The van der Waals surface area contributed by atoms with E-state index in [2.05, 4.69) is 21.0 Å². The maximum Gasteiger partial charge on any atom is 0.344 e. The van der Waals surface area contributed by atoms with E-state index in [0.29, 0.717) is 0 Å². The van der Waals surface area contributed by atoms with Gasteiger partial charge in [0.25, 0.3) is 11.8 Å². The van der Waals surface area contributed by atoms with E-state index in [1.807, 2.05) is 12.2 Å². The second kappa shape index (κ2) is 7.31. The molecule has 1 saturated carbocycles. The summed E-state index contributed by atoms with van der Waals surface area (Å²) in [6.07, 6.45) is 4.64. The molecule has 156 valence electrons. The summed E-state index contributed by atoms with van der Waals surface area (Å²) in [7, 11) is 0. The minimum atomic E-state index is -1.30. The molecule has 1 aromatic rings. The summed E-state index contributed by atoms with van der Waals surface area (Å²) in [5.41, 5.74) is -0.236. The lowest BCUT2D eigenvalue weighted by Crippen LogP contribution is -2.28. The summed E-state index contributed by atoms with van der Waals surface area (Å²) in [4.78, 5) is 47.0. The minimum absolute atomic E-state index is 0.0551. The molecule has 0 radical (unpaired) electrons. The van der Waals surface area contributed by atoms with Gasteiger partial charge >= 0.3 is 11.7 Å². The number of carboxylic acids is 1. The molecule has 3 aliphatic rings. The number of rotatable bonds is 6. The number of halogens is 1. The molecule has 0 spiro atoms. The highest BCUT2D eigenvalue weighted by Gasteiger charge is 2.59. The van der Waals surface area contributed by atoms with Crippen molar-refractivity contribution in [3.8, 4) is 5.75 Å². The third kappa shape index (κ3) is 3.18. The van der Waals surface area contributed by atoms with Gasteiger partial charge in [-0.15, -0.1) is 0 Å². The van der Waals surface area contributed by atoms with E-state index in [-0.39, 0.29) is 51.3 Å². The number of ether oxygens (including phenoxy) is 1. The molecule has 30 heavy (non-hydrogen) atoms.